The van der Waals surface area contributed by atoms with Gasteiger partial charge < -0.3 is 10.1 Å². The minimum absolute atomic E-state index is 0.283. The van der Waals surface area contributed by atoms with Crippen LogP contribution in [0.25, 0.3) is 0 Å². The van der Waals surface area contributed by atoms with Crippen LogP contribution in [0.1, 0.15) is 27.0 Å². The first kappa shape index (κ1) is 16.8. The Kier molecular flexibility index (Phi) is 5.83. The van der Waals surface area contributed by atoms with E-state index in [-0.39, 0.29) is 5.91 Å². The summed E-state index contributed by atoms with van der Waals surface area (Å²) in [5.41, 5.74) is 3.57. The van der Waals surface area contributed by atoms with Crippen LogP contribution in [0.5, 0.6) is 0 Å². The number of carbonyl (C=O) groups excluding carboxylic acids is 1. The molecule has 0 saturated carbocycles. The maximum absolute atomic E-state index is 12.2. The van der Waals surface area contributed by atoms with E-state index in [0.717, 1.165) is 16.7 Å². The number of carbonyl (C=O) groups is 1. The number of halogens is 2. The highest BCUT2D eigenvalue weighted by atomic mass is 35.5. The molecule has 116 valence electrons. The predicted molar refractivity (Wildman–Crippen MR) is 89.5 cm³/mol. The summed E-state index contributed by atoms with van der Waals surface area (Å²) in [6, 6.07) is 11.0. The quantitative estimate of drug-likeness (QED) is 0.879. The summed E-state index contributed by atoms with van der Waals surface area (Å²) in [7, 11) is 1.67. The van der Waals surface area contributed by atoms with E-state index in [9.17, 15) is 4.79 Å². The zero-order valence-electron chi connectivity index (χ0n) is 12.5. The molecule has 2 aromatic carbocycles. The van der Waals surface area contributed by atoms with E-state index in [1.165, 1.54) is 0 Å². The highest BCUT2D eigenvalue weighted by Gasteiger charge is 2.14. The number of ether oxygens (including phenoxy) is 1. The fraction of sp³-hybridized carbons (Fsp3) is 0.235. The van der Waals surface area contributed by atoms with Crippen molar-refractivity contribution in [2.45, 2.75) is 20.1 Å². The standard InChI is InChI=1S/C17H17Cl2NO2/c1-11-8-12(6-7-13(11)10-22-2)9-20-17(21)16-14(18)4-3-5-15(16)19/h3-8H,9-10H2,1-2H3,(H,20,21). The van der Waals surface area contributed by atoms with Gasteiger partial charge in [0.05, 0.1) is 22.2 Å². The van der Waals surface area contributed by atoms with Gasteiger partial charge in [0.2, 0.25) is 0 Å². The second-order valence-electron chi connectivity index (χ2n) is 4.97. The molecule has 0 saturated heterocycles. The predicted octanol–water partition coefficient (Wildman–Crippen LogP) is 4.38. The van der Waals surface area contributed by atoms with Crippen LogP contribution < -0.4 is 5.32 Å². The Hall–Kier alpha value is -1.55. The summed E-state index contributed by atoms with van der Waals surface area (Å²) in [5, 5.41) is 3.52. The van der Waals surface area contributed by atoms with Crippen LogP contribution in [0.2, 0.25) is 10.0 Å². The maximum atomic E-state index is 12.2. The molecule has 2 rings (SSSR count). The third kappa shape index (κ3) is 4.01. The molecule has 0 bridgehead atoms. The first-order valence-corrected chi connectivity index (χ1v) is 7.58. The highest BCUT2D eigenvalue weighted by molar-refractivity contribution is 6.39. The molecule has 0 radical (unpaired) electrons. The number of amides is 1. The topological polar surface area (TPSA) is 38.3 Å². The van der Waals surface area contributed by atoms with Crippen LogP contribution in [-0.2, 0) is 17.9 Å². The Morgan fingerprint density at radius 3 is 2.45 bits per heavy atom. The number of benzene rings is 2. The smallest absolute Gasteiger partial charge is 0.254 e. The summed E-state index contributed by atoms with van der Waals surface area (Å²) < 4.78 is 5.13. The molecule has 0 aliphatic carbocycles. The van der Waals surface area contributed by atoms with Crippen molar-refractivity contribution in [1.29, 1.82) is 0 Å². The van der Waals surface area contributed by atoms with Crippen molar-refractivity contribution in [3.63, 3.8) is 0 Å². The lowest BCUT2D eigenvalue weighted by molar-refractivity contribution is 0.0951. The minimum atomic E-state index is -0.283. The molecule has 0 atom stereocenters. The van der Waals surface area contributed by atoms with Gasteiger partial charge in [-0.25, -0.2) is 0 Å². The lowest BCUT2D eigenvalue weighted by Crippen LogP contribution is -2.23. The van der Waals surface area contributed by atoms with E-state index in [1.807, 2.05) is 25.1 Å². The van der Waals surface area contributed by atoms with Crippen molar-refractivity contribution < 1.29 is 9.53 Å². The molecule has 0 fully saturated rings. The van der Waals surface area contributed by atoms with Gasteiger partial charge in [-0.2, -0.15) is 0 Å². The second kappa shape index (κ2) is 7.63. The van der Waals surface area contributed by atoms with Crippen LogP contribution in [-0.4, -0.2) is 13.0 Å². The average molecular weight is 338 g/mol. The third-order valence-electron chi connectivity index (χ3n) is 3.35. The lowest BCUT2D eigenvalue weighted by atomic mass is 10.1. The van der Waals surface area contributed by atoms with Crippen molar-refractivity contribution in [2.75, 3.05) is 7.11 Å². The zero-order chi connectivity index (χ0) is 16.1. The zero-order valence-corrected chi connectivity index (χ0v) is 14.0. The van der Waals surface area contributed by atoms with Gasteiger partial charge in [-0.1, -0.05) is 47.5 Å². The average Bonchev–Trinajstić information content (AvgIpc) is 2.47. The normalized spacial score (nSPS) is 10.5. The van der Waals surface area contributed by atoms with Gasteiger partial charge in [-0.3, -0.25) is 4.79 Å². The van der Waals surface area contributed by atoms with E-state index in [0.29, 0.717) is 28.8 Å². The minimum Gasteiger partial charge on any atom is -0.380 e. The number of nitrogens with one attached hydrogen (secondary N) is 1. The van der Waals surface area contributed by atoms with Crippen LogP contribution in [0.15, 0.2) is 36.4 Å². The Morgan fingerprint density at radius 1 is 1.18 bits per heavy atom. The van der Waals surface area contributed by atoms with E-state index in [2.05, 4.69) is 5.32 Å². The second-order valence-corrected chi connectivity index (χ2v) is 5.79. The summed E-state index contributed by atoms with van der Waals surface area (Å²) in [6.45, 7) is 3.01. The molecule has 0 aromatic heterocycles. The molecule has 0 aliphatic rings. The van der Waals surface area contributed by atoms with Gasteiger partial charge >= 0.3 is 0 Å². The van der Waals surface area contributed by atoms with Crippen molar-refractivity contribution in [1.82, 2.24) is 5.32 Å². The van der Waals surface area contributed by atoms with Crippen molar-refractivity contribution >= 4 is 29.1 Å². The van der Waals surface area contributed by atoms with Gasteiger partial charge in [0.15, 0.2) is 0 Å². The number of rotatable bonds is 5. The molecule has 0 heterocycles. The van der Waals surface area contributed by atoms with Gasteiger partial charge in [0, 0.05) is 13.7 Å². The van der Waals surface area contributed by atoms with Crippen LogP contribution in [0.3, 0.4) is 0 Å². The monoisotopic (exact) mass is 337 g/mol. The number of aryl methyl sites for hydroxylation is 1. The molecule has 2 aromatic rings. The van der Waals surface area contributed by atoms with Crippen LogP contribution >= 0.6 is 23.2 Å². The SMILES string of the molecule is COCc1ccc(CNC(=O)c2c(Cl)cccc2Cl)cc1C. The fourth-order valence-electron chi connectivity index (χ4n) is 2.17. The molecule has 5 heteroatoms. The Bertz CT molecular complexity index is 666. The van der Waals surface area contributed by atoms with Crippen molar-refractivity contribution in [3.8, 4) is 0 Å². The van der Waals surface area contributed by atoms with Gasteiger partial charge in [0.1, 0.15) is 0 Å². The van der Waals surface area contributed by atoms with Crippen LogP contribution in [0, 0.1) is 6.92 Å². The third-order valence-corrected chi connectivity index (χ3v) is 3.98. The fourth-order valence-corrected chi connectivity index (χ4v) is 2.74. The molecular weight excluding hydrogens is 321 g/mol. The lowest BCUT2D eigenvalue weighted by Gasteiger charge is -2.10. The van der Waals surface area contributed by atoms with E-state index in [1.54, 1.807) is 25.3 Å². The van der Waals surface area contributed by atoms with Crippen molar-refractivity contribution in [3.05, 3.63) is 68.7 Å². The summed E-state index contributed by atoms with van der Waals surface area (Å²) >= 11 is 12.1. The molecule has 22 heavy (non-hydrogen) atoms. The molecule has 1 amide bonds. The van der Waals surface area contributed by atoms with Gasteiger partial charge in [-0.15, -0.1) is 0 Å². The van der Waals surface area contributed by atoms with Gasteiger partial charge in [0.25, 0.3) is 5.91 Å². The first-order chi connectivity index (χ1) is 10.5. The van der Waals surface area contributed by atoms with Gasteiger partial charge in [-0.05, 0) is 35.7 Å². The molecular formula is C17H17Cl2NO2. The van der Waals surface area contributed by atoms with E-state index in [4.69, 9.17) is 27.9 Å². The van der Waals surface area contributed by atoms with E-state index >= 15 is 0 Å². The Labute approximate surface area is 140 Å². The van der Waals surface area contributed by atoms with E-state index < -0.39 is 0 Å². The number of hydrogen-bond acceptors (Lipinski definition) is 2. The Morgan fingerprint density at radius 2 is 1.86 bits per heavy atom. The summed E-state index contributed by atoms with van der Waals surface area (Å²) in [6.07, 6.45) is 0. The highest BCUT2D eigenvalue weighted by Crippen LogP contribution is 2.24. The number of hydrogen-bond donors (Lipinski definition) is 1. The first-order valence-electron chi connectivity index (χ1n) is 6.82. The molecule has 0 spiro atoms. The maximum Gasteiger partial charge on any atom is 0.254 e. The molecule has 1 N–H and O–H groups in total. The molecule has 3 nitrogen and oxygen atoms in total. The van der Waals surface area contributed by atoms with Crippen molar-refractivity contribution in [2.24, 2.45) is 0 Å². The molecule has 0 unspecified atom stereocenters. The molecule has 0 aliphatic heterocycles. The van der Waals surface area contributed by atoms with Crippen LogP contribution in [0.4, 0.5) is 0 Å². The summed E-state index contributed by atoms with van der Waals surface area (Å²) in [5.74, 6) is -0.283. The Balaban J connectivity index is 2.07. The largest absolute Gasteiger partial charge is 0.380 e. The summed E-state index contributed by atoms with van der Waals surface area (Å²) in [4.78, 5) is 12.2. The number of methoxy groups -OCH3 is 1.